The summed E-state index contributed by atoms with van der Waals surface area (Å²) in [5, 5.41) is 14.1. The summed E-state index contributed by atoms with van der Waals surface area (Å²) in [5.74, 6) is 0.119. The van der Waals surface area contributed by atoms with Crippen molar-refractivity contribution >= 4 is 17.2 Å². The van der Waals surface area contributed by atoms with Gasteiger partial charge in [-0.3, -0.25) is 10.1 Å². The number of aromatic nitrogens is 2. The molecule has 20 heavy (non-hydrogen) atoms. The Balaban J connectivity index is 2.52. The Kier molecular flexibility index (Phi) is 3.79. The van der Waals surface area contributed by atoms with Gasteiger partial charge in [-0.1, -0.05) is 18.2 Å². The minimum Gasteiger partial charge on any atom is -0.467 e. The summed E-state index contributed by atoms with van der Waals surface area (Å²) >= 11 is 0. The number of aryl methyl sites for hydroxylation is 2. The van der Waals surface area contributed by atoms with Crippen LogP contribution in [0.5, 0.6) is 6.01 Å². The van der Waals surface area contributed by atoms with Crippen LogP contribution in [0.15, 0.2) is 24.3 Å². The zero-order chi connectivity index (χ0) is 14.7. The summed E-state index contributed by atoms with van der Waals surface area (Å²) < 4.78 is 4.95. The third-order valence-corrected chi connectivity index (χ3v) is 2.80. The van der Waals surface area contributed by atoms with E-state index in [0.717, 1.165) is 11.3 Å². The highest BCUT2D eigenvalue weighted by atomic mass is 16.6. The van der Waals surface area contributed by atoms with Crippen molar-refractivity contribution in [1.29, 1.82) is 0 Å². The lowest BCUT2D eigenvalue weighted by molar-refractivity contribution is -0.385. The highest BCUT2D eigenvalue weighted by molar-refractivity contribution is 5.68. The summed E-state index contributed by atoms with van der Waals surface area (Å²) in [6.07, 6.45) is 0. The van der Waals surface area contributed by atoms with Crippen LogP contribution in [0.3, 0.4) is 0 Å². The van der Waals surface area contributed by atoms with Crippen LogP contribution in [-0.2, 0) is 0 Å². The van der Waals surface area contributed by atoms with E-state index in [4.69, 9.17) is 4.74 Å². The van der Waals surface area contributed by atoms with Crippen molar-refractivity contribution in [2.45, 2.75) is 13.8 Å². The molecule has 0 fully saturated rings. The molecule has 1 N–H and O–H groups in total. The summed E-state index contributed by atoms with van der Waals surface area (Å²) in [5.41, 5.74) is 1.79. The first-order valence-corrected chi connectivity index (χ1v) is 5.92. The molecule has 0 aliphatic heterocycles. The molecule has 0 unspecified atom stereocenters. The normalized spacial score (nSPS) is 10.2. The van der Waals surface area contributed by atoms with Gasteiger partial charge in [-0.25, -0.2) is 0 Å². The van der Waals surface area contributed by atoms with Gasteiger partial charge in [-0.05, 0) is 25.5 Å². The maximum absolute atomic E-state index is 11.2. The van der Waals surface area contributed by atoms with E-state index < -0.39 is 4.92 Å². The summed E-state index contributed by atoms with van der Waals surface area (Å²) in [6, 6.07) is 7.54. The van der Waals surface area contributed by atoms with Crippen molar-refractivity contribution in [1.82, 2.24) is 9.97 Å². The lowest BCUT2D eigenvalue weighted by atomic mass is 10.2. The van der Waals surface area contributed by atoms with Gasteiger partial charge < -0.3 is 10.1 Å². The number of nitrogens with zero attached hydrogens (tertiary/aromatic N) is 3. The molecule has 0 aliphatic rings. The molecule has 0 spiro atoms. The maximum Gasteiger partial charge on any atom is 0.332 e. The first-order chi connectivity index (χ1) is 9.52. The first-order valence-electron chi connectivity index (χ1n) is 5.92. The van der Waals surface area contributed by atoms with Crippen LogP contribution in [0, 0.1) is 24.0 Å². The molecule has 0 bridgehead atoms. The fourth-order valence-electron chi connectivity index (χ4n) is 1.78. The van der Waals surface area contributed by atoms with Gasteiger partial charge in [0, 0.05) is 5.69 Å². The number of nitro groups is 1. The van der Waals surface area contributed by atoms with Gasteiger partial charge in [0.2, 0.25) is 5.82 Å². The second-order valence-corrected chi connectivity index (χ2v) is 4.19. The van der Waals surface area contributed by atoms with Crippen molar-refractivity contribution < 1.29 is 9.66 Å². The van der Waals surface area contributed by atoms with Gasteiger partial charge in [0.15, 0.2) is 0 Å². The van der Waals surface area contributed by atoms with Gasteiger partial charge in [0.25, 0.3) is 0 Å². The van der Waals surface area contributed by atoms with Crippen molar-refractivity contribution in [3.05, 3.63) is 45.6 Å². The van der Waals surface area contributed by atoms with E-state index in [1.807, 2.05) is 31.2 Å². The van der Waals surface area contributed by atoms with Crippen molar-refractivity contribution in [2.75, 3.05) is 12.4 Å². The summed E-state index contributed by atoms with van der Waals surface area (Å²) in [4.78, 5) is 18.6. The smallest absolute Gasteiger partial charge is 0.332 e. The number of nitrogens with one attached hydrogen (secondary N) is 1. The van der Waals surface area contributed by atoms with Gasteiger partial charge in [0.05, 0.1) is 12.0 Å². The maximum atomic E-state index is 11.2. The van der Waals surface area contributed by atoms with Crippen LogP contribution >= 0.6 is 0 Å². The predicted molar refractivity (Wildman–Crippen MR) is 74.4 cm³/mol. The molecule has 7 heteroatoms. The molecule has 104 valence electrons. The van der Waals surface area contributed by atoms with Crippen LogP contribution < -0.4 is 10.1 Å². The third kappa shape index (κ3) is 2.66. The molecule has 1 aromatic heterocycles. The van der Waals surface area contributed by atoms with Crippen LogP contribution in [0.1, 0.15) is 11.3 Å². The number of rotatable bonds is 4. The molecule has 2 rings (SSSR count). The van der Waals surface area contributed by atoms with Gasteiger partial charge in [0.1, 0.15) is 5.69 Å². The minimum atomic E-state index is -0.505. The quantitative estimate of drug-likeness (QED) is 0.681. The number of ether oxygens (including phenoxy) is 1. The minimum absolute atomic E-state index is 0.0872. The average Bonchev–Trinajstić information content (AvgIpc) is 2.40. The van der Waals surface area contributed by atoms with E-state index in [9.17, 15) is 10.1 Å². The zero-order valence-electron chi connectivity index (χ0n) is 11.4. The average molecular weight is 274 g/mol. The van der Waals surface area contributed by atoms with Crippen LogP contribution in [0.25, 0.3) is 0 Å². The van der Waals surface area contributed by atoms with Gasteiger partial charge in [-0.15, -0.1) is 0 Å². The Bertz CT molecular complexity index is 658. The van der Waals surface area contributed by atoms with E-state index in [0.29, 0.717) is 0 Å². The molecule has 0 radical (unpaired) electrons. The summed E-state index contributed by atoms with van der Waals surface area (Å²) in [6.45, 7) is 3.45. The van der Waals surface area contributed by atoms with Crippen molar-refractivity contribution in [3.63, 3.8) is 0 Å². The van der Waals surface area contributed by atoms with Crippen molar-refractivity contribution in [2.24, 2.45) is 0 Å². The molecule has 0 saturated carbocycles. The topological polar surface area (TPSA) is 90.2 Å². The van der Waals surface area contributed by atoms with E-state index in [2.05, 4.69) is 15.3 Å². The molecule has 0 saturated heterocycles. The Labute approximate surface area is 115 Å². The predicted octanol–water partition coefficient (Wildman–Crippen LogP) is 2.75. The number of benzene rings is 1. The molecule has 0 amide bonds. The molecular weight excluding hydrogens is 260 g/mol. The largest absolute Gasteiger partial charge is 0.467 e. The Morgan fingerprint density at radius 1 is 1.25 bits per heavy atom. The van der Waals surface area contributed by atoms with Gasteiger partial charge >= 0.3 is 11.7 Å². The molecule has 0 atom stereocenters. The van der Waals surface area contributed by atoms with E-state index in [1.165, 1.54) is 7.11 Å². The molecule has 2 aromatic rings. The highest BCUT2D eigenvalue weighted by Crippen LogP contribution is 2.30. The number of anilines is 2. The fourth-order valence-corrected chi connectivity index (χ4v) is 1.78. The SMILES string of the molecule is COc1nc(C)c([N+](=O)[O-])c(Nc2ccccc2C)n1. The zero-order valence-corrected chi connectivity index (χ0v) is 11.4. The Hall–Kier alpha value is -2.70. The van der Waals surface area contributed by atoms with Gasteiger partial charge in [-0.2, -0.15) is 9.97 Å². The summed E-state index contributed by atoms with van der Waals surface area (Å²) in [7, 11) is 1.41. The number of para-hydroxylation sites is 1. The molecular formula is C13H14N4O3. The highest BCUT2D eigenvalue weighted by Gasteiger charge is 2.22. The Morgan fingerprint density at radius 3 is 2.55 bits per heavy atom. The molecule has 1 aromatic carbocycles. The number of hydrogen-bond donors (Lipinski definition) is 1. The number of methoxy groups -OCH3 is 1. The van der Waals surface area contributed by atoms with E-state index in [1.54, 1.807) is 6.92 Å². The van der Waals surface area contributed by atoms with E-state index >= 15 is 0 Å². The van der Waals surface area contributed by atoms with Crippen LogP contribution in [0.4, 0.5) is 17.2 Å². The molecule has 0 aliphatic carbocycles. The number of hydrogen-bond acceptors (Lipinski definition) is 6. The second kappa shape index (κ2) is 5.52. The lowest BCUT2D eigenvalue weighted by Crippen LogP contribution is -2.06. The standard InChI is InChI=1S/C13H14N4O3/c1-8-6-4-5-7-10(8)15-12-11(17(18)19)9(2)14-13(16-12)20-3/h4-7H,1-3H3,(H,14,15,16). The third-order valence-electron chi connectivity index (χ3n) is 2.80. The van der Waals surface area contributed by atoms with Crippen molar-refractivity contribution in [3.8, 4) is 6.01 Å². The second-order valence-electron chi connectivity index (χ2n) is 4.19. The fraction of sp³-hybridized carbons (Fsp3) is 0.231. The Morgan fingerprint density at radius 2 is 1.95 bits per heavy atom. The lowest BCUT2D eigenvalue weighted by Gasteiger charge is -2.10. The van der Waals surface area contributed by atoms with Crippen LogP contribution in [0.2, 0.25) is 0 Å². The monoisotopic (exact) mass is 274 g/mol. The molecule has 1 heterocycles. The van der Waals surface area contributed by atoms with Crippen LogP contribution in [-0.4, -0.2) is 22.0 Å². The molecule has 7 nitrogen and oxygen atoms in total. The first kappa shape index (κ1) is 13.7. The van der Waals surface area contributed by atoms with E-state index in [-0.39, 0.29) is 23.2 Å².